The van der Waals surface area contributed by atoms with E-state index in [9.17, 15) is 9.90 Å². The van der Waals surface area contributed by atoms with Gasteiger partial charge in [0.15, 0.2) is 0 Å². The summed E-state index contributed by atoms with van der Waals surface area (Å²) in [4.78, 5) is 13.8. The van der Waals surface area contributed by atoms with Gasteiger partial charge < -0.3 is 20.6 Å². The molecule has 5 heteroatoms. The zero-order valence-electron chi connectivity index (χ0n) is 12.9. The molecular formula is C16H25N3O2. The van der Waals surface area contributed by atoms with Crippen LogP contribution in [0.3, 0.4) is 0 Å². The van der Waals surface area contributed by atoms with Gasteiger partial charge in [-0.1, -0.05) is 13.0 Å². The van der Waals surface area contributed by atoms with E-state index in [2.05, 4.69) is 10.6 Å². The third-order valence-electron chi connectivity index (χ3n) is 3.81. The highest BCUT2D eigenvalue weighted by Gasteiger charge is 2.25. The number of likely N-dealkylation sites (tertiary alicyclic amines) is 1. The first-order valence-corrected chi connectivity index (χ1v) is 7.64. The summed E-state index contributed by atoms with van der Waals surface area (Å²) in [5.74, 6) is 0.497. The number of phenolic OH excluding ortho intramolecular Hbond substituents is 1. The molecule has 1 aliphatic rings. The van der Waals surface area contributed by atoms with Gasteiger partial charge >= 0.3 is 0 Å². The highest BCUT2D eigenvalue weighted by Crippen LogP contribution is 2.26. The Balaban J connectivity index is 1.92. The van der Waals surface area contributed by atoms with Crippen LogP contribution in [0, 0.1) is 0 Å². The molecule has 5 nitrogen and oxygen atoms in total. The fraction of sp³-hybridized carbons (Fsp3) is 0.562. The van der Waals surface area contributed by atoms with Crippen molar-refractivity contribution in [3.63, 3.8) is 0 Å². The number of benzene rings is 1. The Morgan fingerprint density at radius 2 is 2.29 bits per heavy atom. The molecule has 0 bridgehead atoms. The minimum atomic E-state index is 0.215. The number of amides is 1. The summed E-state index contributed by atoms with van der Waals surface area (Å²) in [6.45, 7) is 4.27. The number of nitrogens with zero attached hydrogens (tertiary/aromatic N) is 1. The minimum absolute atomic E-state index is 0.215. The number of phenols is 1. The molecule has 0 spiro atoms. The quantitative estimate of drug-likeness (QED) is 0.701. The van der Waals surface area contributed by atoms with Crippen molar-refractivity contribution in [3.8, 4) is 5.75 Å². The fourth-order valence-electron chi connectivity index (χ4n) is 2.71. The van der Waals surface area contributed by atoms with Crippen LogP contribution in [0.4, 0.5) is 5.69 Å². The van der Waals surface area contributed by atoms with Crippen molar-refractivity contribution in [2.45, 2.75) is 38.8 Å². The van der Waals surface area contributed by atoms with Gasteiger partial charge in [-0.25, -0.2) is 0 Å². The van der Waals surface area contributed by atoms with E-state index in [-0.39, 0.29) is 17.7 Å². The molecule has 1 unspecified atom stereocenters. The summed E-state index contributed by atoms with van der Waals surface area (Å²) in [5, 5.41) is 16.5. The summed E-state index contributed by atoms with van der Waals surface area (Å²) < 4.78 is 0. The van der Waals surface area contributed by atoms with Crippen LogP contribution >= 0.6 is 0 Å². The molecule has 3 N–H and O–H groups in total. The van der Waals surface area contributed by atoms with Crippen molar-refractivity contribution >= 4 is 11.6 Å². The molecule has 0 aliphatic carbocycles. The van der Waals surface area contributed by atoms with E-state index in [1.165, 1.54) is 0 Å². The first kappa shape index (κ1) is 15.6. The van der Waals surface area contributed by atoms with Crippen LogP contribution in [-0.4, -0.2) is 42.1 Å². The van der Waals surface area contributed by atoms with E-state index in [4.69, 9.17) is 0 Å². The molecule has 1 saturated heterocycles. The topological polar surface area (TPSA) is 64.6 Å². The van der Waals surface area contributed by atoms with Crippen LogP contribution in [0.1, 0.15) is 31.7 Å². The SMILES string of the molecule is CCCC(=O)N1CCC(Nc2ccc(CNC)cc2O)C1. The number of carbonyl (C=O) groups excluding carboxylic acids is 1. The van der Waals surface area contributed by atoms with Gasteiger partial charge in [-0.2, -0.15) is 0 Å². The Labute approximate surface area is 126 Å². The molecule has 1 aromatic carbocycles. The van der Waals surface area contributed by atoms with Gasteiger partial charge in [0, 0.05) is 32.1 Å². The molecule has 2 rings (SSSR count). The van der Waals surface area contributed by atoms with Crippen molar-refractivity contribution in [3.05, 3.63) is 23.8 Å². The van der Waals surface area contributed by atoms with Crippen molar-refractivity contribution in [2.75, 3.05) is 25.5 Å². The fourth-order valence-corrected chi connectivity index (χ4v) is 2.71. The van der Waals surface area contributed by atoms with Crippen molar-refractivity contribution in [1.82, 2.24) is 10.2 Å². The minimum Gasteiger partial charge on any atom is -0.506 e. The van der Waals surface area contributed by atoms with Crippen LogP contribution in [0.5, 0.6) is 5.75 Å². The second-order valence-electron chi connectivity index (χ2n) is 5.60. The number of hydrogen-bond acceptors (Lipinski definition) is 4. The Hall–Kier alpha value is -1.75. The highest BCUT2D eigenvalue weighted by molar-refractivity contribution is 5.76. The molecule has 1 aliphatic heterocycles. The Kier molecular flexibility index (Phi) is 5.44. The summed E-state index contributed by atoms with van der Waals surface area (Å²) >= 11 is 0. The first-order valence-electron chi connectivity index (χ1n) is 7.64. The van der Waals surface area contributed by atoms with Gasteiger partial charge in [-0.3, -0.25) is 4.79 Å². The van der Waals surface area contributed by atoms with Crippen molar-refractivity contribution in [1.29, 1.82) is 0 Å². The van der Waals surface area contributed by atoms with Gasteiger partial charge in [0.1, 0.15) is 5.75 Å². The molecule has 1 atom stereocenters. The summed E-state index contributed by atoms with van der Waals surface area (Å²) in [6.07, 6.45) is 2.44. The van der Waals surface area contributed by atoms with E-state index in [0.29, 0.717) is 6.42 Å². The number of nitrogens with one attached hydrogen (secondary N) is 2. The van der Waals surface area contributed by atoms with Crippen LogP contribution in [0.15, 0.2) is 18.2 Å². The molecular weight excluding hydrogens is 266 g/mol. The summed E-state index contributed by atoms with van der Waals surface area (Å²) in [7, 11) is 1.88. The van der Waals surface area contributed by atoms with E-state index in [0.717, 1.165) is 43.7 Å². The molecule has 1 heterocycles. The maximum Gasteiger partial charge on any atom is 0.222 e. The number of anilines is 1. The second-order valence-corrected chi connectivity index (χ2v) is 5.60. The number of hydrogen-bond donors (Lipinski definition) is 3. The predicted octanol–water partition coefficient (Wildman–Crippen LogP) is 1.92. The van der Waals surface area contributed by atoms with Crippen molar-refractivity contribution < 1.29 is 9.90 Å². The molecule has 0 aromatic heterocycles. The predicted molar refractivity (Wildman–Crippen MR) is 84.4 cm³/mol. The maximum atomic E-state index is 11.9. The smallest absolute Gasteiger partial charge is 0.222 e. The van der Waals surface area contributed by atoms with Gasteiger partial charge in [0.05, 0.1) is 5.69 Å². The van der Waals surface area contributed by atoms with Crippen LogP contribution in [0.25, 0.3) is 0 Å². The molecule has 0 saturated carbocycles. The van der Waals surface area contributed by atoms with Crippen LogP contribution in [-0.2, 0) is 11.3 Å². The van der Waals surface area contributed by atoms with Gasteiger partial charge in [0.25, 0.3) is 0 Å². The van der Waals surface area contributed by atoms with Gasteiger partial charge in [0.2, 0.25) is 5.91 Å². The summed E-state index contributed by atoms with van der Waals surface area (Å²) in [6, 6.07) is 5.88. The van der Waals surface area contributed by atoms with Gasteiger partial charge in [-0.05, 0) is 37.6 Å². The molecule has 1 amide bonds. The maximum absolute atomic E-state index is 11.9. The number of carbonyl (C=O) groups is 1. The van der Waals surface area contributed by atoms with Crippen molar-refractivity contribution in [2.24, 2.45) is 0 Å². The van der Waals surface area contributed by atoms with Crippen LogP contribution < -0.4 is 10.6 Å². The monoisotopic (exact) mass is 291 g/mol. The third kappa shape index (κ3) is 4.11. The molecule has 0 radical (unpaired) electrons. The molecule has 21 heavy (non-hydrogen) atoms. The van der Waals surface area contributed by atoms with E-state index in [1.54, 1.807) is 6.07 Å². The van der Waals surface area contributed by atoms with E-state index < -0.39 is 0 Å². The van der Waals surface area contributed by atoms with Crippen LogP contribution in [0.2, 0.25) is 0 Å². The lowest BCUT2D eigenvalue weighted by molar-refractivity contribution is -0.130. The molecule has 116 valence electrons. The lowest BCUT2D eigenvalue weighted by atomic mass is 10.1. The Morgan fingerprint density at radius 3 is 2.95 bits per heavy atom. The zero-order valence-corrected chi connectivity index (χ0v) is 12.9. The zero-order chi connectivity index (χ0) is 15.2. The average Bonchev–Trinajstić information content (AvgIpc) is 2.91. The normalized spacial score (nSPS) is 18.0. The molecule has 1 fully saturated rings. The highest BCUT2D eigenvalue weighted by atomic mass is 16.3. The third-order valence-corrected chi connectivity index (χ3v) is 3.81. The van der Waals surface area contributed by atoms with Gasteiger partial charge in [-0.15, -0.1) is 0 Å². The number of rotatable bonds is 6. The lowest BCUT2D eigenvalue weighted by Crippen LogP contribution is -2.31. The Morgan fingerprint density at radius 1 is 1.48 bits per heavy atom. The number of aromatic hydroxyl groups is 1. The molecule has 1 aromatic rings. The lowest BCUT2D eigenvalue weighted by Gasteiger charge is -2.18. The summed E-state index contributed by atoms with van der Waals surface area (Å²) in [5.41, 5.74) is 1.79. The second kappa shape index (κ2) is 7.31. The van der Waals surface area contributed by atoms with E-state index >= 15 is 0 Å². The van der Waals surface area contributed by atoms with E-state index in [1.807, 2.05) is 31.0 Å². The first-order chi connectivity index (χ1) is 10.1. The average molecular weight is 291 g/mol. The largest absolute Gasteiger partial charge is 0.506 e. The Bertz CT molecular complexity index is 490. The standard InChI is InChI=1S/C16H25N3O2/c1-3-4-16(21)19-8-7-13(11-19)18-14-6-5-12(10-17-2)9-15(14)20/h5-6,9,13,17-18,20H,3-4,7-8,10-11H2,1-2H3.